The van der Waals surface area contributed by atoms with Gasteiger partial charge in [-0.15, -0.1) is 5.10 Å². The van der Waals surface area contributed by atoms with E-state index < -0.39 is 0 Å². The van der Waals surface area contributed by atoms with Crippen LogP contribution in [0, 0.1) is 0 Å². The first kappa shape index (κ1) is 9.20. The Morgan fingerprint density at radius 1 is 1.36 bits per heavy atom. The van der Waals surface area contributed by atoms with Crippen LogP contribution in [0.3, 0.4) is 0 Å². The Morgan fingerprint density at radius 2 is 2.07 bits per heavy atom. The largest absolute Gasteiger partial charge is 0.253 e. The Morgan fingerprint density at radius 3 is 2.71 bits per heavy atom. The highest BCUT2D eigenvalue weighted by Crippen LogP contribution is 2.19. The van der Waals surface area contributed by atoms with E-state index >= 15 is 0 Å². The van der Waals surface area contributed by atoms with Gasteiger partial charge in [0.2, 0.25) is 0 Å². The van der Waals surface area contributed by atoms with Gasteiger partial charge in [0.25, 0.3) is 5.95 Å². The molecule has 72 valence electrons. The molecule has 0 aromatic carbocycles. The fraction of sp³-hybridized carbons (Fsp3) is 0.286. The highest BCUT2D eigenvalue weighted by molar-refractivity contribution is 9.09. The topological polar surface area (TPSA) is 69.4 Å². The van der Waals surface area contributed by atoms with E-state index in [9.17, 15) is 0 Å². The summed E-state index contributed by atoms with van der Waals surface area (Å²) in [4.78, 5) is 8.16. The van der Waals surface area contributed by atoms with Crippen molar-refractivity contribution >= 4 is 15.9 Å². The molecule has 0 saturated carbocycles. The smallest absolute Gasteiger partial charge is 0.220 e. The molecule has 0 spiro atoms. The van der Waals surface area contributed by atoms with Gasteiger partial charge < -0.3 is 0 Å². The van der Waals surface area contributed by atoms with E-state index in [0.29, 0.717) is 11.8 Å². The van der Waals surface area contributed by atoms with Crippen molar-refractivity contribution in [2.45, 2.75) is 11.8 Å². The minimum absolute atomic E-state index is 0.0568. The predicted molar refractivity (Wildman–Crippen MR) is 52.1 cm³/mol. The molecule has 0 aliphatic heterocycles. The summed E-state index contributed by atoms with van der Waals surface area (Å²) in [5.74, 6) is 1.15. The van der Waals surface area contributed by atoms with Crippen LogP contribution in [-0.2, 0) is 0 Å². The van der Waals surface area contributed by atoms with Crippen molar-refractivity contribution in [2.24, 2.45) is 0 Å². The van der Waals surface area contributed by atoms with Crippen LogP contribution in [0.25, 0.3) is 5.95 Å². The molecule has 0 fully saturated rings. The molecule has 6 nitrogen and oxygen atoms in total. The van der Waals surface area contributed by atoms with Gasteiger partial charge in [0.05, 0.1) is 4.83 Å². The molecule has 0 aliphatic carbocycles. The van der Waals surface area contributed by atoms with Crippen LogP contribution < -0.4 is 0 Å². The van der Waals surface area contributed by atoms with Crippen LogP contribution >= 0.6 is 15.9 Å². The van der Waals surface area contributed by atoms with Gasteiger partial charge in [-0.2, -0.15) is 4.68 Å². The van der Waals surface area contributed by atoms with E-state index in [-0.39, 0.29) is 4.83 Å². The van der Waals surface area contributed by atoms with Gasteiger partial charge >= 0.3 is 0 Å². The van der Waals surface area contributed by atoms with Crippen molar-refractivity contribution in [1.82, 2.24) is 30.2 Å². The highest BCUT2D eigenvalue weighted by atomic mass is 79.9. The summed E-state index contributed by atoms with van der Waals surface area (Å²) in [6.45, 7) is 1.94. The zero-order valence-corrected chi connectivity index (χ0v) is 8.96. The molecule has 14 heavy (non-hydrogen) atoms. The Hall–Kier alpha value is -1.37. The Bertz CT molecular complexity index is 411. The van der Waals surface area contributed by atoms with Gasteiger partial charge in [0.15, 0.2) is 5.82 Å². The molecule has 2 rings (SSSR count). The third-order valence-corrected chi connectivity index (χ3v) is 2.00. The third kappa shape index (κ3) is 1.63. The maximum absolute atomic E-state index is 4.05. The Balaban J connectivity index is 2.47. The van der Waals surface area contributed by atoms with E-state index in [4.69, 9.17) is 0 Å². The zero-order chi connectivity index (χ0) is 9.97. The maximum atomic E-state index is 4.05. The first-order valence-corrected chi connectivity index (χ1v) is 4.90. The summed E-state index contributed by atoms with van der Waals surface area (Å²) in [6, 6.07) is 1.74. The minimum atomic E-state index is 0.0568. The number of tetrazole rings is 1. The molecular formula is C7H7BrN6. The van der Waals surface area contributed by atoms with Gasteiger partial charge in [-0.1, -0.05) is 15.9 Å². The van der Waals surface area contributed by atoms with E-state index in [0.717, 1.165) is 0 Å². The Labute approximate surface area is 88.5 Å². The minimum Gasteiger partial charge on any atom is -0.220 e. The molecule has 0 radical (unpaired) electrons. The summed E-state index contributed by atoms with van der Waals surface area (Å²) in [7, 11) is 0. The molecule has 7 heteroatoms. The third-order valence-electron chi connectivity index (χ3n) is 1.59. The predicted octanol–water partition coefficient (Wildman–Crippen LogP) is 0.908. The second kappa shape index (κ2) is 3.79. The van der Waals surface area contributed by atoms with E-state index in [1.165, 1.54) is 4.68 Å². The first-order chi connectivity index (χ1) is 6.79. The monoisotopic (exact) mass is 254 g/mol. The van der Waals surface area contributed by atoms with Crippen molar-refractivity contribution in [2.75, 3.05) is 0 Å². The average Bonchev–Trinajstić information content (AvgIpc) is 2.67. The SMILES string of the molecule is CC(Br)c1nnnn1-c1ncccn1. The van der Waals surface area contributed by atoms with Crippen molar-refractivity contribution in [1.29, 1.82) is 0 Å². The summed E-state index contributed by atoms with van der Waals surface area (Å²) >= 11 is 3.39. The van der Waals surface area contributed by atoms with Gasteiger partial charge in [0.1, 0.15) is 0 Å². The van der Waals surface area contributed by atoms with Gasteiger partial charge in [0, 0.05) is 12.4 Å². The molecule has 0 bridgehead atoms. The number of nitrogens with zero attached hydrogens (tertiary/aromatic N) is 6. The lowest BCUT2D eigenvalue weighted by molar-refractivity contribution is 0.722. The number of aromatic nitrogens is 6. The van der Waals surface area contributed by atoms with E-state index in [1.54, 1.807) is 18.5 Å². The molecular weight excluding hydrogens is 248 g/mol. The van der Waals surface area contributed by atoms with Gasteiger partial charge in [-0.05, 0) is 23.4 Å². The second-order valence-electron chi connectivity index (χ2n) is 2.61. The fourth-order valence-corrected chi connectivity index (χ4v) is 1.27. The van der Waals surface area contributed by atoms with E-state index in [2.05, 4.69) is 41.4 Å². The normalized spacial score (nSPS) is 12.7. The fourth-order valence-electron chi connectivity index (χ4n) is 0.985. The lowest BCUT2D eigenvalue weighted by atomic mass is 10.4. The molecule has 1 unspecified atom stereocenters. The highest BCUT2D eigenvalue weighted by Gasteiger charge is 2.13. The second-order valence-corrected chi connectivity index (χ2v) is 3.99. The van der Waals surface area contributed by atoms with Crippen LogP contribution in [0.2, 0.25) is 0 Å². The first-order valence-electron chi connectivity index (χ1n) is 3.99. The van der Waals surface area contributed by atoms with E-state index in [1.807, 2.05) is 6.92 Å². The number of halogens is 1. The lowest BCUT2D eigenvalue weighted by Gasteiger charge is -2.02. The number of rotatable bonds is 2. The van der Waals surface area contributed by atoms with Gasteiger partial charge in [-0.3, -0.25) is 0 Å². The summed E-state index contributed by atoms with van der Waals surface area (Å²) in [5.41, 5.74) is 0. The maximum Gasteiger partial charge on any atom is 0.253 e. The summed E-state index contributed by atoms with van der Waals surface area (Å²) in [5, 5.41) is 11.2. The van der Waals surface area contributed by atoms with Crippen molar-refractivity contribution in [3.63, 3.8) is 0 Å². The number of hydrogen-bond acceptors (Lipinski definition) is 5. The molecule has 2 aromatic rings. The van der Waals surface area contributed by atoms with Crippen LogP contribution in [0.4, 0.5) is 0 Å². The number of alkyl halides is 1. The molecule has 0 amide bonds. The van der Waals surface area contributed by atoms with Gasteiger partial charge in [-0.25, -0.2) is 9.97 Å². The molecule has 1 atom stereocenters. The summed E-state index contributed by atoms with van der Waals surface area (Å²) in [6.07, 6.45) is 3.29. The molecule has 0 aliphatic rings. The van der Waals surface area contributed by atoms with Crippen LogP contribution in [-0.4, -0.2) is 30.2 Å². The standard InChI is InChI=1S/C7H7BrN6/c1-5(8)6-11-12-13-14(6)7-9-3-2-4-10-7/h2-5H,1H3. The Kier molecular flexibility index (Phi) is 2.49. The van der Waals surface area contributed by atoms with Crippen molar-refractivity contribution in [3.8, 4) is 5.95 Å². The van der Waals surface area contributed by atoms with Crippen LogP contribution in [0.15, 0.2) is 18.5 Å². The molecule has 0 N–H and O–H groups in total. The van der Waals surface area contributed by atoms with Crippen LogP contribution in [0.1, 0.15) is 17.6 Å². The quantitative estimate of drug-likeness (QED) is 0.746. The van der Waals surface area contributed by atoms with Crippen molar-refractivity contribution in [3.05, 3.63) is 24.3 Å². The average molecular weight is 255 g/mol. The molecule has 0 saturated heterocycles. The lowest BCUT2D eigenvalue weighted by Crippen LogP contribution is -2.07. The molecule has 2 heterocycles. The zero-order valence-electron chi connectivity index (χ0n) is 7.37. The number of hydrogen-bond donors (Lipinski definition) is 0. The van der Waals surface area contributed by atoms with Crippen LogP contribution in [0.5, 0.6) is 0 Å². The summed E-state index contributed by atoms with van der Waals surface area (Å²) < 4.78 is 1.50. The van der Waals surface area contributed by atoms with Crippen molar-refractivity contribution < 1.29 is 0 Å². The molecule has 2 aromatic heterocycles.